The van der Waals surface area contributed by atoms with Crippen molar-refractivity contribution in [3.05, 3.63) is 45.8 Å². The number of rotatable bonds is 7. The molecule has 1 rings (SSSR count). The molecular weight excluding hydrogens is 284 g/mol. The van der Waals surface area contributed by atoms with Crippen molar-refractivity contribution in [3.8, 4) is 0 Å². The van der Waals surface area contributed by atoms with Crippen LogP contribution in [0.5, 0.6) is 0 Å². The Kier molecular flexibility index (Phi) is 6.86. The Hall–Kier alpha value is -2.44. The molecule has 0 fully saturated rings. The molecule has 0 unspecified atom stereocenters. The molecule has 1 aromatic carbocycles. The zero-order chi connectivity index (χ0) is 15.7. The van der Waals surface area contributed by atoms with Gasteiger partial charge in [-0.1, -0.05) is 5.11 Å². The third-order valence-electron chi connectivity index (χ3n) is 2.33. The number of carbonyl (C=O) groups is 1. The Bertz CT molecular complexity index is 561. The predicted octanol–water partition coefficient (Wildman–Crippen LogP) is 3.50. The summed E-state index contributed by atoms with van der Waals surface area (Å²) in [6.45, 7) is 0.657. The second kappa shape index (κ2) is 8.68. The normalized spacial score (nSPS) is 10.4. The molecule has 0 aliphatic carbocycles. The number of esters is 1. The van der Waals surface area contributed by atoms with Crippen molar-refractivity contribution >= 4 is 17.7 Å². The standard InChI is InChI=1S/C13H13F2N3O3/c1-20-5-2-6-21-12(19)4-3-9-7-10(14)13(17-18-16)11(15)8-9/h3-4,7-8H,2,5-6H2,1H3/b4-3+. The lowest BCUT2D eigenvalue weighted by molar-refractivity contribution is -0.138. The van der Waals surface area contributed by atoms with Crippen molar-refractivity contribution in [2.75, 3.05) is 20.3 Å². The van der Waals surface area contributed by atoms with Crippen LogP contribution in [0.15, 0.2) is 23.3 Å². The van der Waals surface area contributed by atoms with Crippen LogP contribution in [0, 0.1) is 11.6 Å². The largest absolute Gasteiger partial charge is 0.462 e. The van der Waals surface area contributed by atoms with Crippen LogP contribution in [0.1, 0.15) is 12.0 Å². The van der Waals surface area contributed by atoms with Crippen LogP contribution in [0.4, 0.5) is 14.5 Å². The van der Waals surface area contributed by atoms with Gasteiger partial charge in [-0.25, -0.2) is 13.6 Å². The third-order valence-corrected chi connectivity index (χ3v) is 2.33. The van der Waals surface area contributed by atoms with E-state index >= 15 is 0 Å². The van der Waals surface area contributed by atoms with Crippen molar-refractivity contribution in [2.24, 2.45) is 5.11 Å². The first kappa shape index (κ1) is 16.6. The van der Waals surface area contributed by atoms with E-state index in [1.807, 2.05) is 0 Å². The molecule has 0 atom stereocenters. The summed E-state index contributed by atoms with van der Waals surface area (Å²) in [6, 6.07) is 1.89. The maximum Gasteiger partial charge on any atom is 0.330 e. The summed E-state index contributed by atoms with van der Waals surface area (Å²) in [5.41, 5.74) is 7.57. The minimum Gasteiger partial charge on any atom is -0.462 e. The summed E-state index contributed by atoms with van der Waals surface area (Å²) in [5, 5.41) is 2.90. The summed E-state index contributed by atoms with van der Waals surface area (Å²) < 4.78 is 36.5. The van der Waals surface area contributed by atoms with Crippen molar-refractivity contribution < 1.29 is 23.0 Å². The summed E-state index contributed by atoms with van der Waals surface area (Å²) >= 11 is 0. The first-order chi connectivity index (χ1) is 10.1. The van der Waals surface area contributed by atoms with E-state index < -0.39 is 23.3 Å². The van der Waals surface area contributed by atoms with Crippen molar-refractivity contribution in [1.82, 2.24) is 0 Å². The Morgan fingerprint density at radius 1 is 1.38 bits per heavy atom. The summed E-state index contributed by atoms with van der Waals surface area (Å²) in [5.74, 6) is -2.66. The van der Waals surface area contributed by atoms with Gasteiger partial charge in [0.1, 0.15) is 17.3 Å². The average Bonchev–Trinajstić information content (AvgIpc) is 2.45. The SMILES string of the molecule is COCCCOC(=O)/C=C/c1cc(F)c(N=[N+]=[N-])c(F)c1. The van der Waals surface area contributed by atoms with E-state index in [0.717, 1.165) is 18.2 Å². The Balaban J connectivity index is 2.68. The van der Waals surface area contributed by atoms with Gasteiger partial charge in [0, 0.05) is 31.1 Å². The second-order valence-electron chi connectivity index (χ2n) is 3.87. The monoisotopic (exact) mass is 297 g/mol. The van der Waals surface area contributed by atoms with Crippen LogP contribution in [0.2, 0.25) is 0 Å². The highest BCUT2D eigenvalue weighted by Crippen LogP contribution is 2.24. The number of benzene rings is 1. The molecule has 21 heavy (non-hydrogen) atoms. The number of hydrogen-bond acceptors (Lipinski definition) is 4. The van der Waals surface area contributed by atoms with Gasteiger partial charge in [0.25, 0.3) is 0 Å². The summed E-state index contributed by atoms with van der Waals surface area (Å²) in [6.07, 6.45) is 2.80. The van der Waals surface area contributed by atoms with E-state index in [1.165, 1.54) is 13.2 Å². The molecule has 112 valence electrons. The van der Waals surface area contributed by atoms with Crippen LogP contribution in [0.3, 0.4) is 0 Å². The second-order valence-corrected chi connectivity index (χ2v) is 3.87. The molecule has 0 amide bonds. The Morgan fingerprint density at radius 3 is 2.62 bits per heavy atom. The minimum atomic E-state index is -1.01. The topological polar surface area (TPSA) is 84.3 Å². The third kappa shape index (κ3) is 5.60. The summed E-state index contributed by atoms with van der Waals surface area (Å²) in [4.78, 5) is 13.6. The van der Waals surface area contributed by atoms with Gasteiger partial charge in [-0.2, -0.15) is 0 Å². The molecule has 0 saturated carbocycles. The number of methoxy groups -OCH3 is 1. The fourth-order valence-electron chi connectivity index (χ4n) is 1.41. The smallest absolute Gasteiger partial charge is 0.330 e. The molecular formula is C13H13F2N3O3. The average molecular weight is 297 g/mol. The number of ether oxygens (including phenoxy) is 2. The van der Waals surface area contributed by atoms with Gasteiger partial charge in [-0.3, -0.25) is 0 Å². The zero-order valence-corrected chi connectivity index (χ0v) is 11.3. The van der Waals surface area contributed by atoms with E-state index in [0.29, 0.717) is 13.0 Å². The first-order valence-corrected chi connectivity index (χ1v) is 5.96. The molecule has 1 aromatic rings. The van der Waals surface area contributed by atoms with Crippen LogP contribution in [0.25, 0.3) is 16.5 Å². The Labute approximate surface area is 119 Å². The maximum absolute atomic E-state index is 13.4. The van der Waals surface area contributed by atoms with Crippen LogP contribution < -0.4 is 0 Å². The predicted molar refractivity (Wildman–Crippen MR) is 71.7 cm³/mol. The van der Waals surface area contributed by atoms with Gasteiger partial charge < -0.3 is 9.47 Å². The molecule has 8 heteroatoms. The van der Waals surface area contributed by atoms with Crippen molar-refractivity contribution in [3.63, 3.8) is 0 Å². The fraction of sp³-hybridized carbons (Fsp3) is 0.308. The van der Waals surface area contributed by atoms with E-state index in [1.54, 1.807) is 0 Å². The van der Waals surface area contributed by atoms with Crippen molar-refractivity contribution in [1.29, 1.82) is 0 Å². The van der Waals surface area contributed by atoms with Crippen molar-refractivity contribution in [2.45, 2.75) is 6.42 Å². The number of azide groups is 1. The first-order valence-electron chi connectivity index (χ1n) is 5.96. The van der Waals surface area contributed by atoms with Gasteiger partial charge in [0.2, 0.25) is 0 Å². The molecule has 0 aliphatic heterocycles. The molecule has 0 aliphatic rings. The van der Waals surface area contributed by atoms with Crippen LogP contribution in [-0.4, -0.2) is 26.3 Å². The highest BCUT2D eigenvalue weighted by Gasteiger charge is 2.08. The van der Waals surface area contributed by atoms with Crippen LogP contribution >= 0.6 is 0 Å². The lowest BCUT2D eigenvalue weighted by atomic mass is 10.1. The van der Waals surface area contributed by atoms with Gasteiger partial charge in [-0.15, -0.1) is 0 Å². The zero-order valence-electron chi connectivity index (χ0n) is 11.3. The molecule has 0 N–H and O–H groups in total. The molecule has 0 saturated heterocycles. The molecule has 0 aromatic heterocycles. The number of hydrogen-bond donors (Lipinski definition) is 0. The van der Waals surface area contributed by atoms with Crippen LogP contribution in [-0.2, 0) is 14.3 Å². The molecule has 0 radical (unpaired) electrons. The van der Waals surface area contributed by atoms with E-state index in [9.17, 15) is 13.6 Å². The minimum absolute atomic E-state index is 0.107. The van der Waals surface area contributed by atoms with Gasteiger partial charge in [0.05, 0.1) is 6.61 Å². The molecule has 0 bridgehead atoms. The highest BCUT2D eigenvalue weighted by atomic mass is 19.1. The van der Waals surface area contributed by atoms with E-state index in [4.69, 9.17) is 15.0 Å². The maximum atomic E-state index is 13.4. The number of nitrogens with zero attached hydrogens (tertiary/aromatic N) is 3. The van der Waals surface area contributed by atoms with Gasteiger partial charge in [-0.05, 0) is 29.3 Å². The van der Waals surface area contributed by atoms with E-state index in [-0.39, 0.29) is 12.2 Å². The van der Waals surface area contributed by atoms with Gasteiger partial charge >= 0.3 is 5.97 Å². The van der Waals surface area contributed by atoms with Gasteiger partial charge in [0.15, 0.2) is 0 Å². The lowest BCUT2D eigenvalue weighted by Crippen LogP contribution is -2.04. The quantitative estimate of drug-likeness (QED) is 0.193. The fourth-order valence-corrected chi connectivity index (χ4v) is 1.41. The molecule has 6 nitrogen and oxygen atoms in total. The molecule has 0 heterocycles. The lowest BCUT2D eigenvalue weighted by Gasteiger charge is -2.02. The summed E-state index contributed by atoms with van der Waals surface area (Å²) in [7, 11) is 1.53. The number of carbonyl (C=O) groups excluding carboxylic acids is 1. The number of halogens is 2. The molecule has 0 spiro atoms. The Morgan fingerprint density at radius 2 is 2.05 bits per heavy atom. The highest BCUT2D eigenvalue weighted by molar-refractivity contribution is 5.87. The van der Waals surface area contributed by atoms with E-state index in [2.05, 4.69) is 10.0 Å².